The lowest BCUT2D eigenvalue weighted by Gasteiger charge is -2.35. The lowest BCUT2D eigenvalue weighted by atomic mass is 10.1. The van der Waals surface area contributed by atoms with E-state index in [-0.39, 0.29) is 17.5 Å². The molecule has 1 amide bonds. The Bertz CT molecular complexity index is 1420. The van der Waals surface area contributed by atoms with Crippen molar-refractivity contribution >= 4 is 21.6 Å². The molecule has 3 aromatic rings. The van der Waals surface area contributed by atoms with Crippen LogP contribution in [-0.4, -0.2) is 47.3 Å². The first kappa shape index (κ1) is 24.8. The molecule has 1 N–H and O–H groups in total. The number of carbonyl (C=O) groups excluding carboxylic acids is 1. The molecule has 0 saturated heterocycles. The minimum Gasteiger partial charge on any atom is -0.497 e. The number of carbonyl (C=O) groups is 1. The second-order valence-corrected chi connectivity index (χ2v) is 10.8. The first-order valence-electron chi connectivity index (χ1n) is 11.9. The number of hydrogen-bond donors (Lipinski definition) is 1. The molecule has 2 aliphatic heterocycles. The van der Waals surface area contributed by atoms with Gasteiger partial charge in [0.25, 0.3) is 15.9 Å². The molecule has 2 aliphatic rings. The van der Waals surface area contributed by atoms with E-state index >= 15 is 0 Å². The Morgan fingerprint density at radius 2 is 1.70 bits per heavy atom. The molecule has 0 aliphatic carbocycles. The van der Waals surface area contributed by atoms with Crippen molar-refractivity contribution in [2.75, 3.05) is 31.2 Å². The van der Waals surface area contributed by atoms with E-state index in [2.05, 4.69) is 5.32 Å². The highest BCUT2D eigenvalue weighted by atomic mass is 32.2. The molecule has 37 heavy (non-hydrogen) atoms. The van der Waals surface area contributed by atoms with E-state index in [9.17, 15) is 13.2 Å². The molecule has 0 aromatic heterocycles. The summed E-state index contributed by atoms with van der Waals surface area (Å²) in [5.41, 5.74) is 2.08. The van der Waals surface area contributed by atoms with Crippen LogP contribution in [0.25, 0.3) is 0 Å². The van der Waals surface area contributed by atoms with E-state index in [1.54, 1.807) is 24.3 Å². The SMILES string of the molecule is COc1ccc(S(=O)(=O)N2C[C@@H](C(=O)N[C@H](C)c3ccc4c(c3)OCCO4)Oc3ccc(C)cc32)cc1. The van der Waals surface area contributed by atoms with E-state index < -0.39 is 22.0 Å². The summed E-state index contributed by atoms with van der Waals surface area (Å²) in [6.45, 7) is 4.49. The molecule has 2 heterocycles. The lowest BCUT2D eigenvalue weighted by molar-refractivity contribution is -0.128. The molecule has 0 fully saturated rings. The molecular formula is C27H28N2O7S. The van der Waals surface area contributed by atoms with Gasteiger partial charge >= 0.3 is 0 Å². The normalized spacial score (nSPS) is 17.3. The fraction of sp³-hybridized carbons (Fsp3) is 0.296. The summed E-state index contributed by atoms with van der Waals surface area (Å²) in [6.07, 6.45) is -1.05. The number of amides is 1. The van der Waals surface area contributed by atoms with Gasteiger partial charge in [0, 0.05) is 0 Å². The molecule has 5 rings (SSSR count). The molecule has 0 saturated carbocycles. The Morgan fingerprint density at radius 1 is 1.00 bits per heavy atom. The van der Waals surface area contributed by atoms with Crippen LogP contribution in [0.4, 0.5) is 5.69 Å². The minimum absolute atomic E-state index is 0.0893. The second kappa shape index (κ2) is 9.85. The summed E-state index contributed by atoms with van der Waals surface area (Å²) in [5.74, 6) is 1.72. The lowest BCUT2D eigenvalue weighted by Crippen LogP contribution is -2.51. The summed E-state index contributed by atoms with van der Waals surface area (Å²) in [4.78, 5) is 13.4. The summed E-state index contributed by atoms with van der Waals surface area (Å²) in [7, 11) is -2.47. The molecule has 2 atom stereocenters. The number of anilines is 1. The largest absolute Gasteiger partial charge is 0.497 e. The number of methoxy groups -OCH3 is 1. The first-order chi connectivity index (χ1) is 17.8. The average molecular weight is 525 g/mol. The van der Waals surface area contributed by atoms with E-state index in [0.717, 1.165) is 11.1 Å². The third-order valence-corrected chi connectivity index (χ3v) is 8.14. The zero-order valence-electron chi connectivity index (χ0n) is 20.8. The van der Waals surface area contributed by atoms with Crippen molar-refractivity contribution in [2.45, 2.75) is 30.9 Å². The maximum atomic E-state index is 13.7. The van der Waals surface area contributed by atoms with Gasteiger partial charge in [0.05, 0.1) is 30.3 Å². The van der Waals surface area contributed by atoms with Gasteiger partial charge in [-0.1, -0.05) is 12.1 Å². The van der Waals surface area contributed by atoms with E-state index in [4.69, 9.17) is 18.9 Å². The number of hydrogen-bond acceptors (Lipinski definition) is 7. The number of nitrogens with zero attached hydrogens (tertiary/aromatic N) is 1. The summed E-state index contributed by atoms with van der Waals surface area (Å²) in [5, 5.41) is 2.94. The maximum absolute atomic E-state index is 13.7. The Labute approximate surface area is 216 Å². The zero-order chi connectivity index (χ0) is 26.2. The Morgan fingerprint density at radius 3 is 2.43 bits per heavy atom. The predicted octanol–water partition coefficient (Wildman–Crippen LogP) is 3.61. The van der Waals surface area contributed by atoms with Crippen molar-refractivity contribution in [2.24, 2.45) is 0 Å². The monoisotopic (exact) mass is 524 g/mol. The van der Waals surface area contributed by atoms with Crippen molar-refractivity contribution in [1.29, 1.82) is 0 Å². The van der Waals surface area contributed by atoms with E-state index in [1.807, 2.05) is 38.1 Å². The fourth-order valence-corrected chi connectivity index (χ4v) is 5.79. The van der Waals surface area contributed by atoms with Gasteiger partial charge in [-0.2, -0.15) is 0 Å². The first-order valence-corrected chi connectivity index (χ1v) is 13.3. The third-order valence-electron chi connectivity index (χ3n) is 6.35. The van der Waals surface area contributed by atoms with Gasteiger partial charge in [0.2, 0.25) is 0 Å². The van der Waals surface area contributed by atoms with Crippen molar-refractivity contribution < 1.29 is 32.2 Å². The predicted molar refractivity (Wildman–Crippen MR) is 137 cm³/mol. The number of ether oxygens (including phenoxy) is 4. The zero-order valence-corrected chi connectivity index (χ0v) is 21.6. The highest BCUT2D eigenvalue weighted by Crippen LogP contribution is 2.38. The Hall–Kier alpha value is -3.92. The highest BCUT2D eigenvalue weighted by Gasteiger charge is 2.38. The molecule has 10 heteroatoms. The summed E-state index contributed by atoms with van der Waals surface area (Å²) < 4.78 is 51.0. The molecule has 194 valence electrons. The summed E-state index contributed by atoms with van der Waals surface area (Å²) >= 11 is 0. The number of fused-ring (bicyclic) bond motifs is 2. The Kier molecular flexibility index (Phi) is 6.59. The van der Waals surface area contributed by atoms with Gasteiger partial charge in [0.15, 0.2) is 17.6 Å². The van der Waals surface area contributed by atoms with Gasteiger partial charge in [-0.3, -0.25) is 9.10 Å². The van der Waals surface area contributed by atoms with E-state index in [1.165, 1.54) is 23.5 Å². The van der Waals surface area contributed by atoms with Crippen molar-refractivity contribution in [3.05, 3.63) is 71.8 Å². The van der Waals surface area contributed by atoms with Crippen LogP contribution in [0.15, 0.2) is 65.6 Å². The van der Waals surface area contributed by atoms with Gasteiger partial charge in [-0.25, -0.2) is 8.42 Å². The van der Waals surface area contributed by atoms with Crippen molar-refractivity contribution in [3.63, 3.8) is 0 Å². The number of sulfonamides is 1. The van der Waals surface area contributed by atoms with Crippen molar-refractivity contribution in [3.8, 4) is 23.0 Å². The van der Waals surface area contributed by atoms with Crippen molar-refractivity contribution in [1.82, 2.24) is 5.32 Å². The minimum atomic E-state index is -3.99. The number of rotatable bonds is 6. The maximum Gasteiger partial charge on any atom is 0.264 e. The van der Waals surface area contributed by atoms with E-state index in [0.29, 0.717) is 41.9 Å². The smallest absolute Gasteiger partial charge is 0.264 e. The summed E-state index contributed by atoms with van der Waals surface area (Å²) in [6, 6.07) is 16.5. The standard InChI is InChI=1S/C27H28N2O7S/c1-17-4-10-23-22(14-17)29(37(31,32)21-8-6-20(33-3)7-9-21)16-26(36-23)27(30)28-18(2)19-5-11-24-25(15-19)35-13-12-34-24/h4-11,14-15,18,26H,12-13,16H2,1-3H3,(H,28,30)/t18-,26+/m1/s1. The van der Waals surface area contributed by atoms with Crippen LogP contribution in [0.3, 0.4) is 0 Å². The number of benzene rings is 3. The molecule has 0 bridgehead atoms. The molecule has 0 spiro atoms. The van der Waals surface area contributed by atoms with Gasteiger partial charge in [-0.15, -0.1) is 0 Å². The average Bonchev–Trinajstić information content (AvgIpc) is 2.92. The molecule has 9 nitrogen and oxygen atoms in total. The van der Waals surface area contributed by atoms with Gasteiger partial charge in [0.1, 0.15) is 24.7 Å². The molecular weight excluding hydrogens is 496 g/mol. The van der Waals surface area contributed by atoms with Gasteiger partial charge < -0.3 is 24.3 Å². The Balaban J connectivity index is 1.40. The second-order valence-electron chi connectivity index (χ2n) is 8.92. The highest BCUT2D eigenvalue weighted by molar-refractivity contribution is 7.92. The van der Waals surface area contributed by atoms with Crippen LogP contribution in [-0.2, 0) is 14.8 Å². The van der Waals surface area contributed by atoms with Crippen LogP contribution in [0, 0.1) is 6.92 Å². The molecule has 0 radical (unpaired) electrons. The van der Waals surface area contributed by atoms with Crippen LogP contribution in [0.2, 0.25) is 0 Å². The number of aryl methyl sites for hydroxylation is 1. The van der Waals surface area contributed by atoms with Crippen LogP contribution < -0.4 is 28.6 Å². The molecule has 3 aromatic carbocycles. The van der Waals surface area contributed by atoms with Crippen LogP contribution >= 0.6 is 0 Å². The van der Waals surface area contributed by atoms with Crippen LogP contribution in [0.5, 0.6) is 23.0 Å². The van der Waals surface area contributed by atoms with Crippen LogP contribution in [0.1, 0.15) is 24.1 Å². The quantitative estimate of drug-likeness (QED) is 0.526. The van der Waals surface area contributed by atoms with Gasteiger partial charge in [-0.05, 0) is 73.5 Å². The topological polar surface area (TPSA) is 103 Å². The number of nitrogens with one attached hydrogen (secondary N) is 1. The molecule has 0 unspecified atom stereocenters. The third kappa shape index (κ3) is 4.89. The fourth-order valence-electron chi connectivity index (χ4n) is 4.32.